The molecule has 1 heterocycles. The molecule has 1 N–H and O–H groups in total. The van der Waals surface area contributed by atoms with Gasteiger partial charge in [0.25, 0.3) is 0 Å². The van der Waals surface area contributed by atoms with Crippen molar-refractivity contribution in [1.82, 2.24) is 4.90 Å². The molecule has 21 heavy (non-hydrogen) atoms. The number of ether oxygens (including phenoxy) is 1. The first-order chi connectivity index (χ1) is 10.1. The average Bonchev–Trinajstić information content (AvgIpc) is 2.48. The first kappa shape index (κ1) is 15.5. The van der Waals surface area contributed by atoms with Gasteiger partial charge in [0.1, 0.15) is 0 Å². The molecule has 0 radical (unpaired) electrons. The molecule has 1 aromatic rings. The third-order valence-corrected chi connectivity index (χ3v) is 3.69. The van der Waals surface area contributed by atoms with E-state index in [2.05, 4.69) is 6.92 Å². The van der Waals surface area contributed by atoms with E-state index in [1.54, 1.807) is 23.1 Å². The van der Waals surface area contributed by atoms with Crippen LogP contribution in [0.5, 0.6) is 0 Å². The smallest absolute Gasteiger partial charge is 0.335 e. The summed E-state index contributed by atoms with van der Waals surface area (Å²) in [6, 6.07) is 6.66. The average molecular weight is 291 g/mol. The Morgan fingerprint density at radius 3 is 2.86 bits per heavy atom. The van der Waals surface area contributed by atoms with Gasteiger partial charge in [0.05, 0.1) is 24.7 Å². The number of carbonyl (C=O) groups is 2. The van der Waals surface area contributed by atoms with Crippen molar-refractivity contribution in [3.63, 3.8) is 0 Å². The molecule has 0 aromatic heterocycles. The van der Waals surface area contributed by atoms with Gasteiger partial charge in [0.15, 0.2) is 0 Å². The van der Waals surface area contributed by atoms with E-state index in [1.165, 1.54) is 6.07 Å². The standard InChI is InChI=1S/C16H21NO4/c1-2-5-13-11-17(8-9-21-13)15(18)10-12-6-3-4-7-14(12)16(19)20/h3-4,6-7,13H,2,5,8-11H2,1H3,(H,19,20). The zero-order valence-electron chi connectivity index (χ0n) is 12.2. The topological polar surface area (TPSA) is 66.8 Å². The van der Waals surface area contributed by atoms with Gasteiger partial charge in [-0.3, -0.25) is 4.79 Å². The molecule has 2 rings (SSSR count). The van der Waals surface area contributed by atoms with E-state index in [4.69, 9.17) is 9.84 Å². The second-order valence-corrected chi connectivity index (χ2v) is 5.26. The molecule has 1 aliphatic rings. The van der Waals surface area contributed by atoms with Crippen LogP contribution in [0.4, 0.5) is 0 Å². The molecule has 0 spiro atoms. The lowest BCUT2D eigenvalue weighted by atomic mass is 10.0. The highest BCUT2D eigenvalue weighted by atomic mass is 16.5. The molecular weight excluding hydrogens is 270 g/mol. The molecule has 5 nitrogen and oxygen atoms in total. The van der Waals surface area contributed by atoms with Gasteiger partial charge in [-0.2, -0.15) is 0 Å². The maximum atomic E-state index is 12.4. The molecule has 0 aliphatic carbocycles. The van der Waals surface area contributed by atoms with E-state index in [0.29, 0.717) is 25.3 Å². The first-order valence-electron chi connectivity index (χ1n) is 7.32. The molecule has 5 heteroatoms. The lowest BCUT2D eigenvalue weighted by molar-refractivity contribution is -0.138. The van der Waals surface area contributed by atoms with E-state index in [9.17, 15) is 9.59 Å². The second-order valence-electron chi connectivity index (χ2n) is 5.26. The van der Waals surface area contributed by atoms with Crippen molar-refractivity contribution in [1.29, 1.82) is 0 Å². The number of benzene rings is 1. The van der Waals surface area contributed by atoms with Gasteiger partial charge in [-0.1, -0.05) is 31.5 Å². The van der Waals surface area contributed by atoms with Crippen molar-refractivity contribution in [3.05, 3.63) is 35.4 Å². The number of carboxylic acid groups (broad SMARTS) is 1. The molecule has 114 valence electrons. The van der Waals surface area contributed by atoms with Gasteiger partial charge in [0, 0.05) is 13.1 Å². The van der Waals surface area contributed by atoms with Crippen LogP contribution in [0.3, 0.4) is 0 Å². The maximum Gasteiger partial charge on any atom is 0.335 e. The summed E-state index contributed by atoms with van der Waals surface area (Å²) in [6.45, 7) is 3.82. The van der Waals surface area contributed by atoms with Gasteiger partial charge in [-0.25, -0.2) is 4.79 Å². The Labute approximate surface area is 124 Å². The van der Waals surface area contributed by atoms with Crippen molar-refractivity contribution in [3.8, 4) is 0 Å². The minimum absolute atomic E-state index is 0.0342. The number of hydrogen-bond donors (Lipinski definition) is 1. The summed E-state index contributed by atoms with van der Waals surface area (Å²) < 4.78 is 5.62. The monoisotopic (exact) mass is 291 g/mol. The van der Waals surface area contributed by atoms with Crippen LogP contribution in [0.15, 0.2) is 24.3 Å². The highest BCUT2D eigenvalue weighted by molar-refractivity contribution is 5.91. The van der Waals surface area contributed by atoms with Crippen LogP contribution in [-0.2, 0) is 16.0 Å². The molecule has 1 saturated heterocycles. The fraction of sp³-hybridized carbons (Fsp3) is 0.500. The number of rotatable bonds is 5. The summed E-state index contributed by atoms with van der Waals surface area (Å²) in [5.74, 6) is -1.03. The number of amides is 1. The quantitative estimate of drug-likeness (QED) is 0.900. The number of carbonyl (C=O) groups excluding carboxylic acids is 1. The number of aromatic carboxylic acids is 1. The van der Waals surface area contributed by atoms with Crippen LogP contribution in [0.25, 0.3) is 0 Å². The van der Waals surface area contributed by atoms with E-state index < -0.39 is 5.97 Å². The molecular formula is C16H21NO4. The summed E-state index contributed by atoms with van der Waals surface area (Å²) in [6.07, 6.45) is 2.19. The number of carboxylic acids is 1. The molecule has 1 unspecified atom stereocenters. The minimum atomic E-state index is -0.996. The Balaban J connectivity index is 2.03. The zero-order chi connectivity index (χ0) is 15.2. The van der Waals surface area contributed by atoms with E-state index in [-0.39, 0.29) is 24.0 Å². The van der Waals surface area contributed by atoms with Gasteiger partial charge < -0.3 is 14.7 Å². The lowest BCUT2D eigenvalue weighted by Crippen LogP contribution is -2.46. The van der Waals surface area contributed by atoms with Crippen LogP contribution < -0.4 is 0 Å². The molecule has 1 aliphatic heterocycles. The summed E-state index contributed by atoms with van der Waals surface area (Å²) >= 11 is 0. The van der Waals surface area contributed by atoms with Gasteiger partial charge in [-0.05, 0) is 18.1 Å². The second kappa shape index (κ2) is 7.22. The van der Waals surface area contributed by atoms with Crippen molar-refractivity contribution in [2.24, 2.45) is 0 Å². The predicted octanol–water partition coefficient (Wildman–Crippen LogP) is 1.95. The number of hydrogen-bond acceptors (Lipinski definition) is 3. The number of morpholine rings is 1. The highest BCUT2D eigenvalue weighted by Crippen LogP contribution is 2.14. The number of nitrogens with zero attached hydrogens (tertiary/aromatic N) is 1. The van der Waals surface area contributed by atoms with Crippen LogP contribution in [0.1, 0.15) is 35.7 Å². The SMILES string of the molecule is CCCC1CN(C(=O)Cc2ccccc2C(=O)O)CCO1. The van der Waals surface area contributed by atoms with Crippen LogP contribution in [0.2, 0.25) is 0 Å². The Morgan fingerprint density at radius 2 is 2.14 bits per heavy atom. The maximum absolute atomic E-state index is 12.4. The van der Waals surface area contributed by atoms with Crippen LogP contribution in [0, 0.1) is 0 Å². The molecule has 0 bridgehead atoms. The predicted molar refractivity (Wildman–Crippen MR) is 78.3 cm³/mol. The normalized spacial score (nSPS) is 18.5. The van der Waals surface area contributed by atoms with Crippen LogP contribution >= 0.6 is 0 Å². The minimum Gasteiger partial charge on any atom is -0.478 e. The van der Waals surface area contributed by atoms with Crippen molar-refractivity contribution in [2.45, 2.75) is 32.3 Å². The summed E-state index contributed by atoms with van der Waals surface area (Å²) in [7, 11) is 0. The largest absolute Gasteiger partial charge is 0.478 e. The Kier molecular flexibility index (Phi) is 5.33. The lowest BCUT2D eigenvalue weighted by Gasteiger charge is -2.33. The molecule has 1 fully saturated rings. The summed E-state index contributed by atoms with van der Waals surface area (Å²) in [4.78, 5) is 25.3. The third kappa shape index (κ3) is 4.04. The molecule has 1 aromatic carbocycles. The Hall–Kier alpha value is -1.88. The molecule has 1 amide bonds. The molecule has 1 atom stereocenters. The fourth-order valence-corrected chi connectivity index (χ4v) is 2.60. The molecule has 0 saturated carbocycles. The summed E-state index contributed by atoms with van der Waals surface area (Å²) in [5, 5.41) is 9.16. The van der Waals surface area contributed by atoms with E-state index in [0.717, 1.165) is 12.8 Å². The Morgan fingerprint density at radius 1 is 1.38 bits per heavy atom. The summed E-state index contributed by atoms with van der Waals surface area (Å²) in [5.41, 5.74) is 0.762. The highest BCUT2D eigenvalue weighted by Gasteiger charge is 2.24. The Bertz CT molecular complexity index is 513. The zero-order valence-corrected chi connectivity index (χ0v) is 12.2. The fourth-order valence-electron chi connectivity index (χ4n) is 2.60. The van der Waals surface area contributed by atoms with Crippen molar-refractivity contribution < 1.29 is 19.4 Å². The third-order valence-electron chi connectivity index (χ3n) is 3.69. The van der Waals surface area contributed by atoms with Crippen molar-refractivity contribution in [2.75, 3.05) is 19.7 Å². The first-order valence-corrected chi connectivity index (χ1v) is 7.32. The van der Waals surface area contributed by atoms with Crippen molar-refractivity contribution >= 4 is 11.9 Å². The van der Waals surface area contributed by atoms with Gasteiger partial charge in [-0.15, -0.1) is 0 Å². The van der Waals surface area contributed by atoms with Gasteiger partial charge in [0.2, 0.25) is 5.91 Å². The van der Waals surface area contributed by atoms with E-state index in [1.807, 2.05) is 0 Å². The van der Waals surface area contributed by atoms with Gasteiger partial charge >= 0.3 is 5.97 Å². The van der Waals surface area contributed by atoms with E-state index >= 15 is 0 Å². The van der Waals surface area contributed by atoms with Crippen LogP contribution in [-0.4, -0.2) is 47.7 Å².